The standard InChI is InChI=1S/C18H23NO2/c20-17-8-6-14(7-9-17)15-10-12-19(13-11-15)18(21)16-4-2-1-3-5-16/h1-2,6-9,15-16,20H,3-5,10-13H2. The van der Waals surface area contributed by atoms with Crippen molar-refractivity contribution < 1.29 is 9.90 Å². The topological polar surface area (TPSA) is 40.5 Å². The van der Waals surface area contributed by atoms with Gasteiger partial charge in [0.1, 0.15) is 5.75 Å². The molecule has 1 aromatic rings. The van der Waals surface area contributed by atoms with Crippen LogP contribution in [0.2, 0.25) is 0 Å². The minimum absolute atomic E-state index is 0.209. The summed E-state index contributed by atoms with van der Waals surface area (Å²) in [6, 6.07) is 7.51. The molecule has 0 bridgehead atoms. The summed E-state index contributed by atoms with van der Waals surface area (Å²) in [5, 5.41) is 9.36. The first-order chi connectivity index (χ1) is 10.2. The van der Waals surface area contributed by atoms with Crippen LogP contribution in [0.5, 0.6) is 5.75 Å². The second-order valence-corrected chi connectivity index (χ2v) is 6.17. The third kappa shape index (κ3) is 3.29. The van der Waals surface area contributed by atoms with E-state index in [1.165, 1.54) is 5.56 Å². The zero-order chi connectivity index (χ0) is 14.7. The second-order valence-electron chi connectivity index (χ2n) is 6.17. The van der Waals surface area contributed by atoms with Crippen molar-refractivity contribution in [2.75, 3.05) is 13.1 Å². The summed E-state index contributed by atoms with van der Waals surface area (Å²) >= 11 is 0. The molecule has 112 valence electrons. The minimum Gasteiger partial charge on any atom is -0.508 e. The molecule has 1 unspecified atom stereocenters. The van der Waals surface area contributed by atoms with Gasteiger partial charge in [-0.15, -0.1) is 0 Å². The summed E-state index contributed by atoms with van der Waals surface area (Å²) in [5.74, 6) is 1.39. The molecule has 1 fully saturated rings. The highest BCUT2D eigenvalue weighted by molar-refractivity contribution is 5.79. The Morgan fingerprint density at radius 3 is 2.38 bits per heavy atom. The maximum atomic E-state index is 12.5. The summed E-state index contributed by atoms with van der Waals surface area (Å²) in [6.07, 6.45) is 9.35. The van der Waals surface area contributed by atoms with E-state index in [1.807, 2.05) is 12.1 Å². The van der Waals surface area contributed by atoms with Crippen LogP contribution in [0.1, 0.15) is 43.6 Å². The second kappa shape index (κ2) is 6.33. The maximum Gasteiger partial charge on any atom is 0.226 e. The van der Waals surface area contributed by atoms with Gasteiger partial charge in [-0.25, -0.2) is 0 Å². The number of phenolic OH excluding ortho intramolecular Hbond substituents is 1. The van der Waals surface area contributed by atoms with Crippen molar-refractivity contribution in [2.45, 2.75) is 38.0 Å². The number of benzene rings is 1. The van der Waals surface area contributed by atoms with Crippen molar-refractivity contribution in [3.8, 4) is 5.75 Å². The largest absolute Gasteiger partial charge is 0.508 e. The Bertz CT molecular complexity index is 513. The maximum absolute atomic E-state index is 12.5. The van der Waals surface area contributed by atoms with Gasteiger partial charge in [0.2, 0.25) is 5.91 Å². The van der Waals surface area contributed by atoms with Gasteiger partial charge in [0.25, 0.3) is 0 Å². The SMILES string of the molecule is O=C(C1CC=CCC1)N1CCC(c2ccc(O)cc2)CC1. The first-order valence-corrected chi connectivity index (χ1v) is 7.97. The molecule has 2 aliphatic rings. The first-order valence-electron chi connectivity index (χ1n) is 7.97. The van der Waals surface area contributed by atoms with Gasteiger partial charge in [-0.2, -0.15) is 0 Å². The van der Waals surface area contributed by atoms with Crippen molar-refractivity contribution in [3.63, 3.8) is 0 Å². The molecule has 21 heavy (non-hydrogen) atoms. The predicted octanol–water partition coefficient (Wildman–Crippen LogP) is 3.45. The van der Waals surface area contributed by atoms with Crippen molar-refractivity contribution in [3.05, 3.63) is 42.0 Å². The number of carbonyl (C=O) groups is 1. The Kier molecular flexibility index (Phi) is 4.28. The molecule has 1 heterocycles. The highest BCUT2D eigenvalue weighted by Crippen LogP contribution is 2.30. The molecule has 1 amide bonds. The van der Waals surface area contributed by atoms with Crippen LogP contribution in [0.25, 0.3) is 0 Å². The molecule has 3 rings (SSSR count). The number of piperidine rings is 1. The Labute approximate surface area is 126 Å². The average molecular weight is 285 g/mol. The van der Waals surface area contributed by atoms with Crippen LogP contribution >= 0.6 is 0 Å². The van der Waals surface area contributed by atoms with E-state index in [4.69, 9.17) is 0 Å². The number of rotatable bonds is 2. The molecular weight excluding hydrogens is 262 g/mol. The van der Waals surface area contributed by atoms with Crippen LogP contribution in [0.4, 0.5) is 0 Å². The summed E-state index contributed by atoms with van der Waals surface area (Å²) in [4.78, 5) is 14.6. The number of likely N-dealkylation sites (tertiary alicyclic amines) is 1. The van der Waals surface area contributed by atoms with Crippen LogP contribution in [0, 0.1) is 5.92 Å². The summed E-state index contributed by atoms with van der Waals surface area (Å²) in [6.45, 7) is 1.73. The van der Waals surface area contributed by atoms with Gasteiger partial charge in [-0.3, -0.25) is 4.79 Å². The molecule has 0 aromatic heterocycles. The highest BCUT2D eigenvalue weighted by Gasteiger charge is 2.28. The molecule has 1 N–H and O–H groups in total. The van der Waals surface area contributed by atoms with E-state index < -0.39 is 0 Å². The van der Waals surface area contributed by atoms with Gasteiger partial charge < -0.3 is 10.0 Å². The van der Waals surface area contributed by atoms with Crippen LogP contribution in [-0.2, 0) is 4.79 Å². The highest BCUT2D eigenvalue weighted by atomic mass is 16.3. The lowest BCUT2D eigenvalue weighted by Crippen LogP contribution is -2.41. The van der Waals surface area contributed by atoms with E-state index >= 15 is 0 Å². The summed E-state index contributed by atoms with van der Waals surface area (Å²) < 4.78 is 0. The smallest absolute Gasteiger partial charge is 0.226 e. The molecule has 1 aliphatic heterocycles. The van der Waals surface area contributed by atoms with Gasteiger partial charge in [0.15, 0.2) is 0 Å². The van der Waals surface area contributed by atoms with Crippen molar-refractivity contribution in [1.82, 2.24) is 4.90 Å². The molecule has 0 radical (unpaired) electrons. The van der Waals surface area contributed by atoms with E-state index in [9.17, 15) is 9.90 Å². The number of amides is 1. The number of carbonyl (C=O) groups excluding carboxylic acids is 1. The molecule has 1 aromatic carbocycles. The van der Waals surface area contributed by atoms with E-state index in [2.05, 4.69) is 17.1 Å². The van der Waals surface area contributed by atoms with E-state index in [1.54, 1.807) is 12.1 Å². The number of hydrogen-bond donors (Lipinski definition) is 1. The van der Waals surface area contributed by atoms with Crippen LogP contribution in [0.3, 0.4) is 0 Å². The Morgan fingerprint density at radius 2 is 1.76 bits per heavy atom. The van der Waals surface area contributed by atoms with Gasteiger partial charge in [-0.1, -0.05) is 24.3 Å². The molecule has 3 nitrogen and oxygen atoms in total. The normalized spacial score (nSPS) is 23.2. The molecule has 0 saturated carbocycles. The molecule has 3 heteroatoms. The fraction of sp³-hybridized carbons (Fsp3) is 0.500. The zero-order valence-corrected chi connectivity index (χ0v) is 12.4. The van der Waals surface area contributed by atoms with Crippen molar-refractivity contribution >= 4 is 5.91 Å². The van der Waals surface area contributed by atoms with E-state index in [0.717, 1.165) is 45.2 Å². The summed E-state index contributed by atoms with van der Waals surface area (Å²) in [7, 11) is 0. The first kappa shape index (κ1) is 14.2. The van der Waals surface area contributed by atoms with Crippen LogP contribution < -0.4 is 0 Å². The lowest BCUT2D eigenvalue weighted by atomic mass is 9.87. The Hall–Kier alpha value is -1.77. The third-order valence-corrected chi connectivity index (χ3v) is 4.79. The number of phenols is 1. The predicted molar refractivity (Wildman–Crippen MR) is 83.1 cm³/mol. The van der Waals surface area contributed by atoms with Gasteiger partial charge in [0, 0.05) is 19.0 Å². The van der Waals surface area contributed by atoms with E-state index in [-0.39, 0.29) is 5.92 Å². The van der Waals surface area contributed by atoms with Gasteiger partial charge >= 0.3 is 0 Å². The lowest BCUT2D eigenvalue weighted by molar-refractivity contribution is -0.136. The van der Waals surface area contributed by atoms with Crippen LogP contribution in [-0.4, -0.2) is 29.0 Å². The monoisotopic (exact) mass is 285 g/mol. The Balaban J connectivity index is 1.56. The zero-order valence-electron chi connectivity index (χ0n) is 12.4. The third-order valence-electron chi connectivity index (χ3n) is 4.79. The quantitative estimate of drug-likeness (QED) is 0.845. The van der Waals surface area contributed by atoms with E-state index in [0.29, 0.717) is 17.6 Å². The fourth-order valence-corrected chi connectivity index (χ4v) is 3.46. The average Bonchev–Trinajstić information content (AvgIpc) is 2.56. The summed E-state index contributed by atoms with van der Waals surface area (Å²) in [5.41, 5.74) is 1.28. The number of hydrogen-bond acceptors (Lipinski definition) is 2. The molecular formula is C18H23NO2. The number of aromatic hydroxyl groups is 1. The Morgan fingerprint density at radius 1 is 1.05 bits per heavy atom. The fourth-order valence-electron chi connectivity index (χ4n) is 3.46. The van der Waals surface area contributed by atoms with Crippen molar-refractivity contribution in [2.24, 2.45) is 5.92 Å². The van der Waals surface area contributed by atoms with Gasteiger partial charge in [-0.05, 0) is 55.7 Å². The minimum atomic E-state index is 0.209. The molecule has 1 atom stereocenters. The van der Waals surface area contributed by atoms with Gasteiger partial charge in [0.05, 0.1) is 0 Å². The molecule has 1 saturated heterocycles. The van der Waals surface area contributed by atoms with Crippen LogP contribution in [0.15, 0.2) is 36.4 Å². The van der Waals surface area contributed by atoms with Crippen molar-refractivity contribution in [1.29, 1.82) is 0 Å². The molecule has 1 aliphatic carbocycles. The number of nitrogens with zero attached hydrogens (tertiary/aromatic N) is 1. The number of allylic oxidation sites excluding steroid dienone is 2. The molecule has 0 spiro atoms. The lowest BCUT2D eigenvalue weighted by Gasteiger charge is -2.34.